The molecule has 0 saturated carbocycles. The van der Waals surface area contributed by atoms with Crippen molar-refractivity contribution in [2.75, 3.05) is 32.5 Å². The van der Waals surface area contributed by atoms with E-state index in [1.807, 2.05) is 0 Å². The highest BCUT2D eigenvalue weighted by Crippen LogP contribution is 2.22. The number of morpholine rings is 1. The molecule has 110 valence electrons. The molecule has 0 radical (unpaired) electrons. The molecule has 20 heavy (non-hydrogen) atoms. The van der Waals surface area contributed by atoms with Crippen LogP contribution in [-0.2, 0) is 11.3 Å². The van der Waals surface area contributed by atoms with Crippen LogP contribution >= 0.6 is 11.8 Å². The monoisotopic (exact) mass is 292 g/mol. The normalized spacial score (nSPS) is 26.6. The number of rotatable bonds is 5. The van der Waals surface area contributed by atoms with Crippen molar-refractivity contribution in [2.24, 2.45) is 0 Å². The van der Waals surface area contributed by atoms with Gasteiger partial charge >= 0.3 is 0 Å². The number of thioether (sulfide) groups is 1. The maximum atomic E-state index is 5.96. The fraction of sp³-hybridized carbons (Fsp3) is 0.625. The van der Waals surface area contributed by atoms with Gasteiger partial charge in [-0.05, 0) is 43.3 Å². The Bertz CT molecular complexity index is 423. The third-order valence-electron chi connectivity index (χ3n) is 4.32. The third kappa shape index (κ3) is 3.55. The predicted molar refractivity (Wildman–Crippen MR) is 84.3 cm³/mol. The van der Waals surface area contributed by atoms with Crippen LogP contribution in [0.3, 0.4) is 0 Å². The molecule has 2 aliphatic heterocycles. The molecule has 3 rings (SSSR count). The van der Waals surface area contributed by atoms with Gasteiger partial charge in [-0.15, -0.1) is 11.8 Å². The van der Waals surface area contributed by atoms with Gasteiger partial charge < -0.3 is 10.1 Å². The smallest absolute Gasteiger partial charge is 0.0827 e. The van der Waals surface area contributed by atoms with Crippen LogP contribution in [0.5, 0.6) is 0 Å². The lowest BCUT2D eigenvalue weighted by Gasteiger charge is -2.35. The van der Waals surface area contributed by atoms with Crippen molar-refractivity contribution in [3.05, 3.63) is 29.8 Å². The predicted octanol–water partition coefficient (Wildman–Crippen LogP) is 2.36. The zero-order chi connectivity index (χ0) is 13.8. The van der Waals surface area contributed by atoms with E-state index in [-0.39, 0.29) is 0 Å². The van der Waals surface area contributed by atoms with Gasteiger partial charge in [0.2, 0.25) is 0 Å². The quantitative estimate of drug-likeness (QED) is 0.842. The van der Waals surface area contributed by atoms with E-state index in [0.29, 0.717) is 12.1 Å². The highest BCUT2D eigenvalue weighted by atomic mass is 32.2. The molecule has 4 heteroatoms. The average molecular weight is 292 g/mol. The highest BCUT2D eigenvalue weighted by molar-refractivity contribution is 7.98. The van der Waals surface area contributed by atoms with Gasteiger partial charge in [-0.3, -0.25) is 4.90 Å². The fourth-order valence-corrected chi connectivity index (χ4v) is 3.54. The molecule has 2 unspecified atom stereocenters. The largest absolute Gasteiger partial charge is 0.374 e. The second-order valence-electron chi connectivity index (χ2n) is 5.73. The number of hydrogen-bond acceptors (Lipinski definition) is 4. The van der Waals surface area contributed by atoms with E-state index in [4.69, 9.17) is 4.74 Å². The van der Waals surface area contributed by atoms with Crippen molar-refractivity contribution in [3.63, 3.8) is 0 Å². The van der Waals surface area contributed by atoms with E-state index in [9.17, 15) is 0 Å². The van der Waals surface area contributed by atoms with Crippen LogP contribution in [-0.4, -0.2) is 49.5 Å². The Labute approximate surface area is 126 Å². The summed E-state index contributed by atoms with van der Waals surface area (Å²) in [6.45, 7) is 5.17. The Morgan fingerprint density at radius 2 is 2.20 bits per heavy atom. The van der Waals surface area contributed by atoms with Gasteiger partial charge in [0, 0.05) is 30.6 Å². The summed E-state index contributed by atoms with van der Waals surface area (Å²) < 4.78 is 5.96. The van der Waals surface area contributed by atoms with Crippen molar-refractivity contribution in [1.29, 1.82) is 0 Å². The number of nitrogens with one attached hydrogen (secondary N) is 1. The summed E-state index contributed by atoms with van der Waals surface area (Å²) in [5, 5.41) is 3.53. The zero-order valence-electron chi connectivity index (χ0n) is 12.2. The lowest BCUT2D eigenvalue weighted by Crippen LogP contribution is -2.49. The first-order valence-electron chi connectivity index (χ1n) is 7.54. The van der Waals surface area contributed by atoms with Crippen LogP contribution in [0.15, 0.2) is 29.2 Å². The lowest BCUT2D eigenvalue weighted by atomic mass is 10.2. The molecule has 0 aromatic heterocycles. The number of fused-ring (bicyclic) bond motifs is 1. The number of benzene rings is 1. The Morgan fingerprint density at radius 3 is 3.00 bits per heavy atom. The highest BCUT2D eigenvalue weighted by Gasteiger charge is 2.31. The molecule has 2 atom stereocenters. The Hall–Kier alpha value is -0.550. The van der Waals surface area contributed by atoms with E-state index >= 15 is 0 Å². The van der Waals surface area contributed by atoms with Crippen molar-refractivity contribution in [2.45, 2.75) is 36.4 Å². The summed E-state index contributed by atoms with van der Waals surface area (Å²) in [6.07, 6.45) is 5.13. The third-order valence-corrected chi connectivity index (χ3v) is 5.07. The molecule has 0 spiro atoms. The van der Waals surface area contributed by atoms with Gasteiger partial charge in [0.15, 0.2) is 0 Å². The first-order valence-corrected chi connectivity index (χ1v) is 8.77. The fourth-order valence-electron chi connectivity index (χ4n) is 3.13. The molecule has 2 saturated heterocycles. The molecule has 3 nitrogen and oxygen atoms in total. The van der Waals surface area contributed by atoms with Crippen molar-refractivity contribution < 1.29 is 4.74 Å². The van der Waals surface area contributed by atoms with Crippen molar-refractivity contribution in [3.8, 4) is 0 Å². The molecule has 1 aromatic carbocycles. The summed E-state index contributed by atoms with van der Waals surface area (Å²) in [5.41, 5.74) is 1.35. The SMILES string of the molecule is CSc1ccc(CNCC2CN3CCCC3CO2)cc1. The standard InChI is InChI=1S/C16H24N2OS/c1-20-16-6-4-13(5-7-16)9-17-10-15-11-18-8-2-3-14(18)12-19-15/h4-7,14-15,17H,2-3,8-12H2,1H3. The molecule has 2 heterocycles. The minimum atomic E-state index is 0.356. The molecule has 1 aromatic rings. The topological polar surface area (TPSA) is 24.5 Å². The summed E-state index contributed by atoms with van der Waals surface area (Å²) in [6, 6.07) is 9.49. The van der Waals surface area contributed by atoms with Gasteiger partial charge in [-0.1, -0.05) is 12.1 Å². The van der Waals surface area contributed by atoms with E-state index in [1.54, 1.807) is 11.8 Å². The van der Waals surface area contributed by atoms with Crippen LogP contribution in [0.1, 0.15) is 18.4 Å². The molecular formula is C16H24N2OS. The maximum absolute atomic E-state index is 5.96. The van der Waals surface area contributed by atoms with Crippen LogP contribution in [0, 0.1) is 0 Å². The van der Waals surface area contributed by atoms with Crippen molar-refractivity contribution >= 4 is 11.8 Å². The van der Waals surface area contributed by atoms with E-state index in [0.717, 1.165) is 26.2 Å². The van der Waals surface area contributed by atoms with E-state index in [1.165, 1.54) is 29.8 Å². The number of ether oxygens (including phenoxy) is 1. The van der Waals surface area contributed by atoms with Crippen LogP contribution in [0.2, 0.25) is 0 Å². The molecule has 0 amide bonds. The van der Waals surface area contributed by atoms with E-state index < -0.39 is 0 Å². The van der Waals surface area contributed by atoms with Crippen LogP contribution in [0.4, 0.5) is 0 Å². The first kappa shape index (κ1) is 14.4. The Kier molecular flexibility index (Phi) is 4.99. The number of nitrogens with zero attached hydrogens (tertiary/aromatic N) is 1. The first-order chi connectivity index (χ1) is 9.85. The Morgan fingerprint density at radius 1 is 1.35 bits per heavy atom. The molecular weight excluding hydrogens is 268 g/mol. The lowest BCUT2D eigenvalue weighted by molar-refractivity contribution is -0.0470. The summed E-state index contributed by atoms with van der Waals surface area (Å²) in [4.78, 5) is 3.92. The molecule has 1 N–H and O–H groups in total. The summed E-state index contributed by atoms with van der Waals surface area (Å²) >= 11 is 1.79. The van der Waals surface area contributed by atoms with Crippen LogP contribution < -0.4 is 5.32 Å². The summed E-state index contributed by atoms with van der Waals surface area (Å²) in [7, 11) is 0. The minimum Gasteiger partial charge on any atom is -0.374 e. The van der Waals surface area contributed by atoms with Gasteiger partial charge in [0.1, 0.15) is 0 Å². The van der Waals surface area contributed by atoms with Crippen molar-refractivity contribution in [1.82, 2.24) is 10.2 Å². The zero-order valence-corrected chi connectivity index (χ0v) is 13.0. The van der Waals surface area contributed by atoms with Crippen LogP contribution in [0.25, 0.3) is 0 Å². The molecule has 0 aliphatic carbocycles. The second-order valence-corrected chi connectivity index (χ2v) is 6.60. The minimum absolute atomic E-state index is 0.356. The number of hydrogen-bond donors (Lipinski definition) is 1. The molecule has 2 fully saturated rings. The molecule has 0 bridgehead atoms. The van der Waals surface area contributed by atoms with Gasteiger partial charge in [-0.2, -0.15) is 0 Å². The van der Waals surface area contributed by atoms with Gasteiger partial charge in [-0.25, -0.2) is 0 Å². The van der Waals surface area contributed by atoms with Gasteiger partial charge in [0.05, 0.1) is 12.7 Å². The summed E-state index contributed by atoms with van der Waals surface area (Å²) in [5.74, 6) is 0. The van der Waals surface area contributed by atoms with E-state index in [2.05, 4.69) is 40.7 Å². The Balaban J connectivity index is 1.41. The molecule has 2 aliphatic rings. The average Bonchev–Trinajstić information content (AvgIpc) is 2.95. The second kappa shape index (κ2) is 6.94. The van der Waals surface area contributed by atoms with Gasteiger partial charge in [0.25, 0.3) is 0 Å². The maximum Gasteiger partial charge on any atom is 0.0827 e.